The number of hydrogen-bond donors (Lipinski definition) is 1. The number of nitrogens with one attached hydrogen (secondary N) is 1. The van der Waals surface area contributed by atoms with Gasteiger partial charge in [-0.25, -0.2) is 4.98 Å². The predicted molar refractivity (Wildman–Crippen MR) is 198 cm³/mol. The number of H-pyrrole nitrogens is 1. The van der Waals surface area contributed by atoms with E-state index < -0.39 is 0 Å². The lowest BCUT2D eigenvalue weighted by molar-refractivity contribution is 0.868. The van der Waals surface area contributed by atoms with Crippen LogP contribution in [-0.4, -0.2) is 19.6 Å². The Morgan fingerprint density at radius 2 is 1.14 bits per heavy atom. The Hall–Kier alpha value is -3.09. The lowest BCUT2D eigenvalue weighted by Crippen LogP contribution is -1.85. The molecule has 6 aromatic rings. The molecule has 6 heteroatoms. The molecule has 0 aliphatic rings. The van der Waals surface area contributed by atoms with Crippen LogP contribution < -0.4 is 0 Å². The van der Waals surface area contributed by atoms with Crippen LogP contribution in [0.2, 0.25) is 0 Å². The van der Waals surface area contributed by atoms with Gasteiger partial charge in [-0.05, 0) is 70.2 Å². The molecule has 0 saturated carbocycles. The fourth-order valence-corrected chi connectivity index (χ4v) is 5.14. The lowest BCUT2D eigenvalue weighted by atomic mass is 10.0. The van der Waals surface area contributed by atoms with E-state index in [1.807, 2.05) is 59.4 Å². The highest BCUT2D eigenvalue weighted by Gasteiger charge is 2.03. The van der Waals surface area contributed by atoms with Crippen LogP contribution in [0.1, 0.15) is 125 Å². The molecule has 4 nitrogen and oxygen atoms in total. The van der Waals surface area contributed by atoms with Crippen molar-refractivity contribution in [2.24, 2.45) is 0 Å². The third-order valence-corrected chi connectivity index (χ3v) is 7.77. The van der Waals surface area contributed by atoms with Crippen LogP contribution in [0.25, 0.3) is 31.2 Å². The Bertz CT molecular complexity index is 1350. The minimum atomic E-state index is 0. The summed E-state index contributed by atoms with van der Waals surface area (Å²) in [6, 6.07) is 19.5. The fraction of sp³-hybridized carbons (Fsp3) is 0.432. The first-order valence-electron chi connectivity index (χ1n) is 15.4. The van der Waals surface area contributed by atoms with Gasteiger partial charge < -0.3 is 0 Å². The molecule has 3 aromatic carbocycles. The molecule has 0 atom stereocenters. The van der Waals surface area contributed by atoms with Gasteiger partial charge in [0.05, 0.1) is 32.1 Å². The van der Waals surface area contributed by atoms with Crippen molar-refractivity contribution in [2.75, 3.05) is 0 Å². The summed E-state index contributed by atoms with van der Waals surface area (Å²) in [5.74, 6) is 1.78. The summed E-state index contributed by atoms with van der Waals surface area (Å²) in [4.78, 5) is 4.28. The van der Waals surface area contributed by atoms with Crippen molar-refractivity contribution in [3.63, 3.8) is 0 Å². The summed E-state index contributed by atoms with van der Waals surface area (Å²) in [5.41, 5.74) is 8.27. The molecule has 3 heterocycles. The number of aromatic nitrogens is 4. The first-order chi connectivity index (χ1) is 20.3. The van der Waals surface area contributed by atoms with Crippen LogP contribution in [0.15, 0.2) is 72.5 Å². The Morgan fingerprint density at radius 3 is 1.74 bits per heavy atom. The monoisotopic (exact) mass is 620 g/mol. The van der Waals surface area contributed by atoms with Crippen molar-refractivity contribution in [2.45, 2.75) is 108 Å². The van der Waals surface area contributed by atoms with E-state index >= 15 is 0 Å². The first-order valence-corrected chi connectivity index (χ1v) is 17.1. The van der Waals surface area contributed by atoms with Crippen LogP contribution in [-0.2, 0) is 0 Å². The second-order valence-electron chi connectivity index (χ2n) is 9.88. The summed E-state index contributed by atoms with van der Waals surface area (Å²) in [6.07, 6.45) is 3.77. The molecular weight excluding hydrogens is 565 g/mol. The topological polar surface area (TPSA) is 54.5 Å². The minimum Gasteiger partial charge on any atom is -0.278 e. The smallest absolute Gasteiger partial charge is 0.0814 e. The van der Waals surface area contributed by atoms with E-state index in [0.717, 1.165) is 11.0 Å². The molecule has 0 radical (unpaired) electrons. The molecule has 0 unspecified atom stereocenters. The average Bonchev–Trinajstić information content (AvgIpc) is 3.80. The largest absolute Gasteiger partial charge is 0.278 e. The number of rotatable bonds is 3. The number of nitrogens with zero attached hydrogens (tertiary/aromatic N) is 3. The molecule has 236 valence electrons. The van der Waals surface area contributed by atoms with Gasteiger partial charge in [0.2, 0.25) is 0 Å². The molecule has 0 aliphatic carbocycles. The van der Waals surface area contributed by atoms with Crippen molar-refractivity contribution in [3.8, 4) is 0 Å². The van der Waals surface area contributed by atoms with Crippen molar-refractivity contribution in [1.29, 1.82) is 0 Å². The standard InChI is InChI=1S/C10H12N2.2C10H11NS.3C2H6.CH4/c1-7(2)8-3-4-9-6-11-12-10(9)5-8;1-7(2)8-3-4-10-9(5-8)11-6-12-10;1-7(2)8-3-4-9-6-11-12-10(9)5-8;3*1-2;/h3-7H,1-2H3,(H,11,12);2*3-7H,1-2H3;3*1-2H3;1H4. The third-order valence-electron chi connectivity index (χ3n) is 6.20. The zero-order valence-corrected chi connectivity index (χ0v) is 29.5. The molecule has 0 aliphatic heterocycles. The van der Waals surface area contributed by atoms with Crippen LogP contribution >= 0.6 is 22.9 Å². The molecular formula is C37H56N4S2. The van der Waals surface area contributed by atoms with Gasteiger partial charge in [-0.1, -0.05) is 121 Å². The van der Waals surface area contributed by atoms with E-state index in [1.54, 1.807) is 22.9 Å². The zero-order chi connectivity index (χ0) is 31.7. The second kappa shape index (κ2) is 21.6. The molecule has 6 rings (SSSR count). The van der Waals surface area contributed by atoms with Crippen molar-refractivity contribution in [1.82, 2.24) is 19.6 Å². The summed E-state index contributed by atoms with van der Waals surface area (Å²) < 4.78 is 6.71. The number of fused-ring (bicyclic) bond motifs is 3. The van der Waals surface area contributed by atoms with Crippen molar-refractivity contribution in [3.05, 3.63) is 89.2 Å². The van der Waals surface area contributed by atoms with Crippen molar-refractivity contribution >= 4 is 54.1 Å². The maximum atomic E-state index is 4.28. The lowest BCUT2D eigenvalue weighted by Gasteiger charge is -2.03. The molecule has 0 saturated heterocycles. The van der Waals surface area contributed by atoms with E-state index in [2.05, 4.69) is 116 Å². The van der Waals surface area contributed by atoms with Crippen molar-refractivity contribution < 1.29 is 0 Å². The molecule has 3 aromatic heterocycles. The molecule has 1 N–H and O–H groups in total. The van der Waals surface area contributed by atoms with Gasteiger partial charge in [0.1, 0.15) is 0 Å². The quantitative estimate of drug-likeness (QED) is 0.214. The highest BCUT2D eigenvalue weighted by Crippen LogP contribution is 2.24. The van der Waals surface area contributed by atoms with Gasteiger partial charge >= 0.3 is 0 Å². The van der Waals surface area contributed by atoms with Gasteiger partial charge in [-0.15, -0.1) is 11.3 Å². The Morgan fingerprint density at radius 1 is 0.605 bits per heavy atom. The molecule has 43 heavy (non-hydrogen) atoms. The average molecular weight is 621 g/mol. The molecule has 0 fully saturated rings. The maximum Gasteiger partial charge on any atom is 0.0814 e. The maximum absolute atomic E-state index is 4.28. The molecule has 0 amide bonds. The molecule has 0 bridgehead atoms. The fourth-order valence-electron chi connectivity index (χ4n) is 3.78. The number of hydrogen-bond acceptors (Lipinski definition) is 5. The summed E-state index contributed by atoms with van der Waals surface area (Å²) >= 11 is 3.27. The van der Waals surface area contributed by atoms with Gasteiger partial charge in [0.15, 0.2) is 0 Å². The van der Waals surface area contributed by atoms with E-state index in [0.29, 0.717) is 17.8 Å². The third kappa shape index (κ3) is 12.2. The minimum absolute atomic E-state index is 0. The van der Waals surface area contributed by atoms with Gasteiger partial charge in [0.25, 0.3) is 0 Å². The highest BCUT2D eigenvalue weighted by atomic mass is 32.1. The normalized spacial score (nSPS) is 9.84. The SMILES string of the molecule is C.CC.CC.CC.CC(C)c1ccc2cn[nH]c2c1.CC(C)c1ccc2cnsc2c1.CC(C)c1ccc2scnc2c1. The predicted octanol–water partition coefficient (Wildman–Crippen LogP) is 13.2. The van der Waals surface area contributed by atoms with E-state index in [9.17, 15) is 0 Å². The van der Waals surface area contributed by atoms with Gasteiger partial charge in [0, 0.05) is 17.0 Å². The first kappa shape index (κ1) is 39.9. The highest BCUT2D eigenvalue weighted by molar-refractivity contribution is 7.16. The summed E-state index contributed by atoms with van der Waals surface area (Å²) in [7, 11) is 0. The summed E-state index contributed by atoms with van der Waals surface area (Å²) in [6.45, 7) is 25.2. The van der Waals surface area contributed by atoms with Crippen LogP contribution in [0.4, 0.5) is 0 Å². The van der Waals surface area contributed by atoms with E-state index in [1.165, 1.54) is 36.9 Å². The van der Waals surface area contributed by atoms with Crippen LogP contribution in [0.3, 0.4) is 0 Å². The van der Waals surface area contributed by atoms with Gasteiger partial charge in [-0.2, -0.15) is 9.47 Å². The Balaban J connectivity index is 0.000000559. The molecule has 0 spiro atoms. The Labute approximate surface area is 270 Å². The van der Waals surface area contributed by atoms with Gasteiger partial charge in [-0.3, -0.25) is 5.10 Å². The van der Waals surface area contributed by atoms with E-state index in [4.69, 9.17) is 0 Å². The second-order valence-corrected chi connectivity index (χ2v) is 11.6. The van der Waals surface area contributed by atoms with Crippen LogP contribution in [0, 0.1) is 0 Å². The zero-order valence-electron chi connectivity index (χ0n) is 27.8. The number of aromatic amines is 1. The van der Waals surface area contributed by atoms with E-state index in [-0.39, 0.29) is 7.43 Å². The number of benzene rings is 3. The van der Waals surface area contributed by atoms with Crippen LogP contribution in [0.5, 0.6) is 0 Å². The number of thiazole rings is 1. The Kier molecular flexibility index (Phi) is 20.0. The summed E-state index contributed by atoms with van der Waals surface area (Å²) in [5, 5.41) is 9.38.